The minimum absolute atomic E-state index is 0.0244. The molecule has 28 heavy (non-hydrogen) atoms. The number of alkyl halides is 3. The van der Waals surface area contributed by atoms with Crippen molar-refractivity contribution in [3.8, 4) is 0 Å². The van der Waals surface area contributed by atoms with Gasteiger partial charge in [-0.3, -0.25) is 9.59 Å². The summed E-state index contributed by atoms with van der Waals surface area (Å²) in [5.41, 5.74) is -0.703. The van der Waals surface area contributed by atoms with Gasteiger partial charge in [-0.15, -0.1) is 0 Å². The van der Waals surface area contributed by atoms with Gasteiger partial charge in [0.25, 0.3) is 5.91 Å². The average Bonchev–Trinajstić information content (AvgIpc) is 2.68. The Labute approximate surface area is 161 Å². The SMILES string of the molecule is O=C(Nc1ccccc1)c1cc(NC(=O)C2CCCCC2)cc(C(F)(F)F)c1. The van der Waals surface area contributed by atoms with E-state index in [2.05, 4.69) is 10.6 Å². The third-order valence-electron chi connectivity index (χ3n) is 4.80. The maximum Gasteiger partial charge on any atom is 0.416 e. The fraction of sp³-hybridized carbons (Fsp3) is 0.333. The smallest absolute Gasteiger partial charge is 0.326 e. The van der Waals surface area contributed by atoms with E-state index >= 15 is 0 Å². The summed E-state index contributed by atoms with van der Waals surface area (Å²) >= 11 is 0. The molecule has 1 saturated carbocycles. The first-order valence-electron chi connectivity index (χ1n) is 9.22. The predicted molar refractivity (Wildman–Crippen MR) is 101 cm³/mol. The van der Waals surface area contributed by atoms with Crippen LogP contribution in [0.5, 0.6) is 0 Å². The van der Waals surface area contributed by atoms with Crippen molar-refractivity contribution >= 4 is 23.2 Å². The highest BCUT2D eigenvalue weighted by molar-refractivity contribution is 6.05. The molecule has 1 aliphatic carbocycles. The van der Waals surface area contributed by atoms with Crippen molar-refractivity contribution in [1.29, 1.82) is 0 Å². The van der Waals surface area contributed by atoms with Gasteiger partial charge in [0.15, 0.2) is 0 Å². The number of halogens is 3. The minimum Gasteiger partial charge on any atom is -0.326 e. The van der Waals surface area contributed by atoms with Crippen LogP contribution in [0.25, 0.3) is 0 Å². The summed E-state index contributed by atoms with van der Waals surface area (Å²) in [6.07, 6.45) is -0.237. The van der Waals surface area contributed by atoms with Crippen LogP contribution < -0.4 is 10.6 Å². The number of nitrogens with one attached hydrogen (secondary N) is 2. The molecule has 0 heterocycles. The Hall–Kier alpha value is -2.83. The van der Waals surface area contributed by atoms with Crippen molar-refractivity contribution in [3.05, 3.63) is 59.7 Å². The zero-order valence-corrected chi connectivity index (χ0v) is 15.2. The molecule has 0 saturated heterocycles. The molecule has 0 spiro atoms. The lowest BCUT2D eigenvalue weighted by molar-refractivity contribution is -0.137. The molecule has 2 amide bonds. The Balaban J connectivity index is 1.84. The summed E-state index contributed by atoms with van der Waals surface area (Å²) < 4.78 is 39.9. The lowest BCUT2D eigenvalue weighted by Crippen LogP contribution is -2.25. The molecular weight excluding hydrogens is 369 g/mol. The van der Waals surface area contributed by atoms with Crippen LogP contribution in [0, 0.1) is 5.92 Å². The highest BCUT2D eigenvalue weighted by atomic mass is 19.4. The van der Waals surface area contributed by atoms with Crippen LogP contribution in [0.3, 0.4) is 0 Å². The first kappa shape index (κ1) is 19.9. The predicted octanol–water partition coefficient (Wildman–Crippen LogP) is 5.48. The topological polar surface area (TPSA) is 58.2 Å². The molecule has 4 nitrogen and oxygen atoms in total. The summed E-state index contributed by atoms with van der Waals surface area (Å²) in [5.74, 6) is -1.18. The molecule has 7 heteroatoms. The van der Waals surface area contributed by atoms with E-state index in [1.165, 1.54) is 6.07 Å². The van der Waals surface area contributed by atoms with Crippen molar-refractivity contribution in [1.82, 2.24) is 0 Å². The number of benzene rings is 2. The molecule has 0 bridgehead atoms. The van der Waals surface area contributed by atoms with E-state index in [4.69, 9.17) is 0 Å². The summed E-state index contributed by atoms with van der Waals surface area (Å²) in [6.45, 7) is 0. The average molecular weight is 390 g/mol. The van der Waals surface area contributed by atoms with Gasteiger partial charge >= 0.3 is 6.18 Å². The molecule has 0 unspecified atom stereocenters. The van der Waals surface area contributed by atoms with Crippen LogP contribution in [-0.4, -0.2) is 11.8 Å². The van der Waals surface area contributed by atoms with Crippen LogP contribution in [0.15, 0.2) is 48.5 Å². The Morgan fingerprint density at radius 2 is 1.54 bits per heavy atom. The van der Waals surface area contributed by atoms with Crippen LogP contribution in [0.4, 0.5) is 24.5 Å². The van der Waals surface area contributed by atoms with Gasteiger partial charge in [0.1, 0.15) is 0 Å². The fourth-order valence-corrected chi connectivity index (χ4v) is 3.33. The Kier molecular flexibility index (Phi) is 6.02. The first-order valence-corrected chi connectivity index (χ1v) is 9.22. The second-order valence-electron chi connectivity index (χ2n) is 6.94. The lowest BCUT2D eigenvalue weighted by atomic mass is 9.88. The Morgan fingerprint density at radius 1 is 0.857 bits per heavy atom. The van der Waals surface area contributed by atoms with Gasteiger partial charge in [0.2, 0.25) is 5.91 Å². The summed E-state index contributed by atoms with van der Waals surface area (Å²) in [6, 6.07) is 11.4. The van der Waals surface area contributed by atoms with Crippen molar-refractivity contribution in [2.45, 2.75) is 38.3 Å². The summed E-state index contributed by atoms with van der Waals surface area (Å²) in [5, 5.41) is 5.13. The van der Waals surface area contributed by atoms with Crippen LogP contribution in [-0.2, 0) is 11.0 Å². The molecule has 2 aromatic carbocycles. The van der Waals surface area contributed by atoms with Gasteiger partial charge in [0.05, 0.1) is 5.56 Å². The van der Waals surface area contributed by atoms with Crippen LogP contribution >= 0.6 is 0 Å². The van der Waals surface area contributed by atoms with E-state index < -0.39 is 17.6 Å². The van der Waals surface area contributed by atoms with Crippen molar-refractivity contribution in [3.63, 3.8) is 0 Å². The lowest BCUT2D eigenvalue weighted by Gasteiger charge is -2.21. The molecular formula is C21H21F3N2O2. The largest absolute Gasteiger partial charge is 0.416 e. The van der Waals surface area contributed by atoms with Crippen molar-refractivity contribution < 1.29 is 22.8 Å². The van der Waals surface area contributed by atoms with E-state index in [-0.39, 0.29) is 23.1 Å². The Morgan fingerprint density at radius 3 is 2.18 bits per heavy atom. The molecule has 0 aromatic heterocycles. The minimum atomic E-state index is -4.63. The van der Waals surface area contributed by atoms with Gasteiger partial charge in [-0.05, 0) is 43.2 Å². The third kappa shape index (κ3) is 5.12. The summed E-state index contributed by atoms with van der Waals surface area (Å²) in [7, 11) is 0. The molecule has 2 aromatic rings. The van der Waals surface area contributed by atoms with Crippen molar-refractivity contribution in [2.75, 3.05) is 10.6 Å². The highest BCUT2D eigenvalue weighted by Crippen LogP contribution is 2.33. The quantitative estimate of drug-likeness (QED) is 0.727. The zero-order valence-electron chi connectivity index (χ0n) is 15.2. The standard InChI is InChI=1S/C21H21F3N2O2/c22-21(23,24)16-11-15(20(28)25-17-9-5-2-6-10-17)12-18(13-16)26-19(27)14-7-3-1-4-8-14/h2,5-6,9-14H,1,3-4,7-8H2,(H,25,28)(H,26,27). The molecule has 1 fully saturated rings. The number of carbonyl (C=O) groups excluding carboxylic acids is 2. The van der Waals surface area contributed by atoms with Gasteiger partial charge in [-0.25, -0.2) is 0 Å². The Bertz CT molecular complexity index is 844. The molecule has 0 atom stereocenters. The molecule has 0 aliphatic heterocycles. The molecule has 1 aliphatic rings. The second-order valence-corrected chi connectivity index (χ2v) is 6.94. The number of hydrogen-bond acceptors (Lipinski definition) is 2. The number of hydrogen-bond donors (Lipinski definition) is 2. The van der Waals surface area contributed by atoms with Crippen LogP contribution in [0.2, 0.25) is 0 Å². The summed E-state index contributed by atoms with van der Waals surface area (Å²) in [4.78, 5) is 24.8. The normalized spacial score (nSPS) is 15.1. The number of anilines is 2. The molecule has 0 radical (unpaired) electrons. The van der Waals surface area contributed by atoms with Crippen molar-refractivity contribution in [2.24, 2.45) is 5.92 Å². The van der Waals surface area contributed by atoms with Gasteiger partial charge in [0, 0.05) is 22.9 Å². The molecule has 2 N–H and O–H groups in total. The first-order chi connectivity index (χ1) is 13.3. The zero-order chi connectivity index (χ0) is 20.1. The molecule has 3 rings (SSSR count). The third-order valence-corrected chi connectivity index (χ3v) is 4.80. The highest BCUT2D eigenvalue weighted by Gasteiger charge is 2.32. The second kappa shape index (κ2) is 8.46. The number of carbonyl (C=O) groups is 2. The van der Waals surface area contributed by atoms with E-state index in [9.17, 15) is 22.8 Å². The van der Waals surface area contributed by atoms with Gasteiger partial charge < -0.3 is 10.6 Å². The maximum atomic E-state index is 13.3. The fourth-order valence-electron chi connectivity index (χ4n) is 3.33. The van der Waals surface area contributed by atoms with E-state index in [0.29, 0.717) is 5.69 Å². The monoisotopic (exact) mass is 390 g/mol. The maximum absolute atomic E-state index is 13.3. The van der Waals surface area contributed by atoms with E-state index in [0.717, 1.165) is 44.2 Å². The van der Waals surface area contributed by atoms with Crippen LogP contribution in [0.1, 0.15) is 48.0 Å². The number of amides is 2. The molecule has 148 valence electrons. The van der Waals surface area contributed by atoms with E-state index in [1.807, 2.05) is 0 Å². The number of rotatable bonds is 4. The number of para-hydroxylation sites is 1. The van der Waals surface area contributed by atoms with Gasteiger partial charge in [-0.2, -0.15) is 13.2 Å². The van der Waals surface area contributed by atoms with Gasteiger partial charge in [-0.1, -0.05) is 37.5 Å². The van der Waals surface area contributed by atoms with E-state index in [1.54, 1.807) is 30.3 Å².